The molecule has 1 nitrogen and oxygen atoms in total. The first-order valence-electron chi connectivity index (χ1n) is 8.80. The third-order valence-corrected chi connectivity index (χ3v) is 6.83. The molecule has 0 heterocycles. The quantitative estimate of drug-likeness (QED) is 0.428. The van der Waals surface area contributed by atoms with Gasteiger partial charge in [0.2, 0.25) is 0 Å². The van der Waals surface area contributed by atoms with Gasteiger partial charge in [0.15, 0.2) is 0 Å². The van der Waals surface area contributed by atoms with Crippen molar-refractivity contribution < 1.29 is 0 Å². The predicted octanol–water partition coefficient (Wildman–Crippen LogP) is 6.41. The van der Waals surface area contributed by atoms with E-state index in [9.17, 15) is 0 Å². The molecule has 1 N–H and O–H groups in total. The van der Waals surface area contributed by atoms with Gasteiger partial charge < -0.3 is 5.41 Å². The Hall–Kier alpha value is -0.500. The fraction of sp³-hybridized carbons (Fsp3) is 0.550. The second kappa shape index (κ2) is 7.81. The lowest BCUT2D eigenvalue weighted by Crippen LogP contribution is -2.21. The van der Waals surface area contributed by atoms with Gasteiger partial charge in [-0.3, -0.25) is 0 Å². The summed E-state index contributed by atoms with van der Waals surface area (Å²) >= 11 is 19.3. The van der Waals surface area contributed by atoms with Crippen LogP contribution in [0.1, 0.15) is 39.0 Å². The topological polar surface area (TPSA) is 23.9 Å². The van der Waals surface area contributed by atoms with Crippen LogP contribution >= 0.6 is 34.8 Å². The van der Waals surface area contributed by atoms with Crippen molar-refractivity contribution in [3.05, 3.63) is 47.1 Å². The van der Waals surface area contributed by atoms with Crippen LogP contribution in [0.4, 0.5) is 0 Å². The van der Waals surface area contributed by atoms with Crippen LogP contribution in [0.25, 0.3) is 0 Å². The third-order valence-electron chi connectivity index (χ3n) is 5.38. The number of fused-ring (bicyclic) bond motifs is 1. The highest BCUT2D eigenvalue weighted by Gasteiger charge is 2.30. The molecule has 0 spiro atoms. The number of allylic oxidation sites excluding steroid dienone is 8. The highest BCUT2D eigenvalue weighted by atomic mass is 35.5. The maximum atomic E-state index is 7.97. The summed E-state index contributed by atoms with van der Waals surface area (Å²) < 4.78 is 0. The molecule has 0 bridgehead atoms. The van der Waals surface area contributed by atoms with Crippen LogP contribution in [-0.2, 0) is 0 Å². The molecule has 24 heavy (non-hydrogen) atoms. The Kier molecular flexibility index (Phi) is 5.95. The van der Waals surface area contributed by atoms with E-state index in [4.69, 9.17) is 40.2 Å². The van der Waals surface area contributed by atoms with Crippen LogP contribution in [0.15, 0.2) is 47.1 Å². The molecule has 1 fully saturated rings. The van der Waals surface area contributed by atoms with Crippen LogP contribution in [-0.4, -0.2) is 21.8 Å². The van der Waals surface area contributed by atoms with Gasteiger partial charge in [0.25, 0.3) is 0 Å². The molecule has 4 heteroatoms. The van der Waals surface area contributed by atoms with Crippen molar-refractivity contribution in [2.45, 2.75) is 55.2 Å². The average Bonchev–Trinajstić information content (AvgIpc) is 2.95. The average molecular weight is 385 g/mol. The molecular formula is C20H24Cl3N. The second-order valence-electron chi connectivity index (χ2n) is 6.98. The van der Waals surface area contributed by atoms with Gasteiger partial charge in [-0.25, -0.2) is 0 Å². The Bertz CT molecular complexity index is 629. The minimum Gasteiger partial charge on any atom is -0.305 e. The van der Waals surface area contributed by atoms with Crippen LogP contribution in [0, 0.1) is 17.2 Å². The Labute approximate surface area is 159 Å². The summed E-state index contributed by atoms with van der Waals surface area (Å²) in [6.07, 6.45) is 15.8. The standard InChI is InChI=1S/C20H24Cl3N/c1-2-13-10-15(11-18(22)20(13)23)17(21)7-4-12-3-6-16-14(9-12)5-8-19(16)24/h4,6-7,10-12,14,17-18,20,24H,2-3,5,8-9H2,1H3/b7-4+,24-19?. The fourth-order valence-electron chi connectivity index (χ4n) is 3.95. The normalized spacial score (nSPS) is 34.7. The first kappa shape index (κ1) is 18.3. The Morgan fingerprint density at radius 1 is 1.38 bits per heavy atom. The Morgan fingerprint density at radius 3 is 2.92 bits per heavy atom. The summed E-state index contributed by atoms with van der Waals surface area (Å²) in [5, 5.41) is 7.48. The van der Waals surface area contributed by atoms with Gasteiger partial charge in [-0.1, -0.05) is 42.9 Å². The monoisotopic (exact) mass is 383 g/mol. The fourth-order valence-corrected chi connectivity index (χ4v) is 4.76. The molecule has 130 valence electrons. The largest absolute Gasteiger partial charge is 0.305 e. The highest BCUT2D eigenvalue weighted by Crippen LogP contribution is 2.39. The van der Waals surface area contributed by atoms with Crippen LogP contribution in [0.5, 0.6) is 0 Å². The SMILES string of the molecule is CCC1=CC(C(Cl)/C=C/C2CC=C3C(=N)CCC3C2)=CC(Cl)C1Cl. The van der Waals surface area contributed by atoms with E-state index in [-0.39, 0.29) is 16.1 Å². The molecule has 5 unspecified atom stereocenters. The molecule has 0 aromatic carbocycles. The van der Waals surface area contributed by atoms with Gasteiger partial charge in [0.1, 0.15) is 0 Å². The van der Waals surface area contributed by atoms with Gasteiger partial charge in [0, 0.05) is 5.71 Å². The number of hydrogen-bond donors (Lipinski definition) is 1. The number of nitrogens with one attached hydrogen (secondary N) is 1. The van der Waals surface area contributed by atoms with Crippen molar-refractivity contribution in [2.24, 2.45) is 11.8 Å². The molecule has 3 aliphatic rings. The summed E-state index contributed by atoms with van der Waals surface area (Å²) in [7, 11) is 0. The smallest absolute Gasteiger partial charge is 0.0763 e. The van der Waals surface area contributed by atoms with Gasteiger partial charge in [0.05, 0.1) is 16.1 Å². The zero-order valence-corrected chi connectivity index (χ0v) is 16.2. The van der Waals surface area contributed by atoms with Gasteiger partial charge >= 0.3 is 0 Å². The van der Waals surface area contributed by atoms with Crippen molar-refractivity contribution in [1.29, 1.82) is 5.41 Å². The number of rotatable bonds is 4. The van der Waals surface area contributed by atoms with Crippen LogP contribution < -0.4 is 0 Å². The lowest BCUT2D eigenvalue weighted by Gasteiger charge is -2.25. The summed E-state index contributed by atoms with van der Waals surface area (Å²) in [5.41, 5.74) is 4.36. The number of halogens is 3. The molecule has 0 aromatic rings. The van der Waals surface area contributed by atoms with E-state index >= 15 is 0 Å². The lowest BCUT2D eigenvalue weighted by molar-refractivity contribution is 0.451. The molecule has 0 aromatic heterocycles. The van der Waals surface area contributed by atoms with E-state index in [0.29, 0.717) is 11.8 Å². The lowest BCUT2D eigenvalue weighted by atomic mass is 9.82. The second-order valence-corrected chi connectivity index (χ2v) is 8.42. The zero-order chi connectivity index (χ0) is 17.3. The molecule has 0 amide bonds. The maximum Gasteiger partial charge on any atom is 0.0763 e. The van der Waals surface area contributed by atoms with Gasteiger partial charge in [-0.05, 0) is 55.1 Å². The van der Waals surface area contributed by atoms with Crippen LogP contribution in [0.2, 0.25) is 0 Å². The van der Waals surface area contributed by atoms with Gasteiger partial charge in [-0.2, -0.15) is 0 Å². The number of alkyl halides is 3. The van der Waals surface area contributed by atoms with E-state index in [1.807, 2.05) is 6.08 Å². The van der Waals surface area contributed by atoms with E-state index < -0.39 is 0 Å². The van der Waals surface area contributed by atoms with Crippen molar-refractivity contribution in [1.82, 2.24) is 0 Å². The molecular weight excluding hydrogens is 361 g/mol. The summed E-state index contributed by atoms with van der Waals surface area (Å²) in [5.74, 6) is 1.11. The summed E-state index contributed by atoms with van der Waals surface area (Å²) in [6.45, 7) is 2.10. The first-order chi connectivity index (χ1) is 11.5. The molecule has 0 aliphatic heterocycles. The predicted molar refractivity (Wildman–Crippen MR) is 106 cm³/mol. The Morgan fingerprint density at radius 2 is 2.17 bits per heavy atom. The summed E-state index contributed by atoms with van der Waals surface area (Å²) in [6, 6.07) is 0. The molecule has 0 saturated heterocycles. The van der Waals surface area contributed by atoms with Crippen LogP contribution in [0.3, 0.4) is 0 Å². The third kappa shape index (κ3) is 3.84. The first-order valence-corrected chi connectivity index (χ1v) is 10.1. The minimum absolute atomic E-state index is 0.132. The van der Waals surface area contributed by atoms with E-state index in [2.05, 4.69) is 31.2 Å². The van der Waals surface area contributed by atoms with Crippen molar-refractivity contribution in [2.75, 3.05) is 0 Å². The van der Waals surface area contributed by atoms with Crippen molar-refractivity contribution in [3.8, 4) is 0 Å². The van der Waals surface area contributed by atoms with E-state index in [1.165, 1.54) is 5.57 Å². The molecule has 0 radical (unpaired) electrons. The molecule has 3 rings (SSSR count). The molecule has 3 aliphatic carbocycles. The Balaban J connectivity index is 1.65. The summed E-state index contributed by atoms with van der Waals surface area (Å²) in [4.78, 5) is 0. The maximum absolute atomic E-state index is 7.97. The zero-order valence-electron chi connectivity index (χ0n) is 13.9. The van der Waals surface area contributed by atoms with Crippen molar-refractivity contribution >= 4 is 40.5 Å². The van der Waals surface area contributed by atoms with Gasteiger partial charge in [-0.15, -0.1) is 34.8 Å². The highest BCUT2D eigenvalue weighted by molar-refractivity contribution is 6.32. The van der Waals surface area contributed by atoms with E-state index in [0.717, 1.165) is 49.0 Å². The minimum atomic E-state index is -0.194. The molecule has 5 atom stereocenters. The van der Waals surface area contributed by atoms with E-state index in [1.54, 1.807) is 0 Å². The molecule has 1 saturated carbocycles. The van der Waals surface area contributed by atoms with Crippen molar-refractivity contribution in [3.63, 3.8) is 0 Å². The number of hydrogen-bond acceptors (Lipinski definition) is 1.